The Morgan fingerprint density at radius 2 is 1.84 bits per heavy atom. The number of carbonyl (C=O) groups is 2. The number of carbonyl (C=O) groups excluding carboxylic acids is 1. The molecule has 0 unspecified atom stereocenters. The molecule has 0 bridgehead atoms. The topological polar surface area (TPSA) is 75.6 Å². The average molecular weight is 341 g/mol. The molecule has 25 heavy (non-hydrogen) atoms. The number of nitrogens with one attached hydrogen (secondary N) is 1. The predicted molar refractivity (Wildman–Crippen MR) is 97.4 cm³/mol. The van der Waals surface area contributed by atoms with Crippen molar-refractivity contribution in [2.45, 2.75) is 40.2 Å². The molecule has 0 fully saturated rings. The molecule has 0 saturated heterocycles. The van der Waals surface area contributed by atoms with Gasteiger partial charge < -0.3 is 15.2 Å². The van der Waals surface area contributed by atoms with Crippen LogP contribution in [0, 0.1) is 13.8 Å². The average Bonchev–Trinajstić information content (AvgIpc) is 2.52. The molecule has 1 amide bonds. The van der Waals surface area contributed by atoms with Crippen molar-refractivity contribution in [2.75, 3.05) is 5.32 Å². The molecular formula is C20H23NO4. The van der Waals surface area contributed by atoms with Gasteiger partial charge in [0.05, 0.1) is 23.8 Å². The third kappa shape index (κ3) is 5.08. The van der Waals surface area contributed by atoms with Gasteiger partial charge in [0.2, 0.25) is 5.91 Å². The van der Waals surface area contributed by atoms with Gasteiger partial charge in [0.1, 0.15) is 5.75 Å². The second kappa shape index (κ2) is 7.83. The Hall–Kier alpha value is -2.82. The van der Waals surface area contributed by atoms with E-state index in [1.807, 2.05) is 45.9 Å². The Kier molecular flexibility index (Phi) is 5.80. The number of ether oxygens (including phenoxy) is 1. The molecule has 0 atom stereocenters. The Morgan fingerprint density at radius 1 is 1.12 bits per heavy atom. The molecule has 2 aromatic rings. The number of benzene rings is 2. The van der Waals surface area contributed by atoms with Crippen LogP contribution < -0.4 is 10.1 Å². The van der Waals surface area contributed by atoms with Crippen molar-refractivity contribution in [1.82, 2.24) is 0 Å². The minimum absolute atomic E-state index is 0.0923. The third-order valence-electron chi connectivity index (χ3n) is 3.72. The van der Waals surface area contributed by atoms with E-state index in [4.69, 9.17) is 9.84 Å². The fourth-order valence-electron chi connectivity index (χ4n) is 2.48. The summed E-state index contributed by atoms with van der Waals surface area (Å²) >= 11 is 0. The molecule has 0 spiro atoms. The highest BCUT2D eigenvalue weighted by atomic mass is 16.5. The summed E-state index contributed by atoms with van der Waals surface area (Å²) in [6, 6.07) is 10.4. The van der Waals surface area contributed by atoms with Gasteiger partial charge in [-0.05, 0) is 57.0 Å². The van der Waals surface area contributed by atoms with Gasteiger partial charge in [-0.3, -0.25) is 4.79 Å². The summed E-state index contributed by atoms with van der Waals surface area (Å²) in [6.07, 6.45) is 0.122. The van der Waals surface area contributed by atoms with E-state index in [0.29, 0.717) is 11.4 Å². The van der Waals surface area contributed by atoms with Crippen LogP contribution in [0.1, 0.15) is 40.9 Å². The molecule has 0 aliphatic heterocycles. The first-order chi connectivity index (χ1) is 11.8. The van der Waals surface area contributed by atoms with Crippen LogP contribution in [0.5, 0.6) is 5.75 Å². The van der Waals surface area contributed by atoms with Gasteiger partial charge >= 0.3 is 5.97 Å². The third-order valence-corrected chi connectivity index (χ3v) is 3.72. The van der Waals surface area contributed by atoms with Gasteiger partial charge in [0.15, 0.2) is 0 Å². The second-order valence-electron chi connectivity index (χ2n) is 6.34. The number of amides is 1. The maximum absolute atomic E-state index is 12.5. The van der Waals surface area contributed by atoms with Gasteiger partial charge in [0.25, 0.3) is 0 Å². The molecule has 0 aliphatic rings. The largest absolute Gasteiger partial charge is 0.489 e. The molecular weight excluding hydrogens is 318 g/mol. The van der Waals surface area contributed by atoms with Gasteiger partial charge in [-0.25, -0.2) is 4.79 Å². The highest BCUT2D eigenvalue weighted by Crippen LogP contribution is 2.27. The number of aryl methyl sites for hydroxylation is 2. The molecule has 5 nitrogen and oxygen atoms in total. The van der Waals surface area contributed by atoms with E-state index in [-0.39, 0.29) is 24.0 Å². The normalized spacial score (nSPS) is 10.6. The van der Waals surface area contributed by atoms with Crippen molar-refractivity contribution in [2.24, 2.45) is 0 Å². The summed E-state index contributed by atoms with van der Waals surface area (Å²) in [4.78, 5) is 23.6. The number of hydrogen-bond donors (Lipinski definition) is 2. The van der Waals surface area contributed by atoms with E-state index in [2.05, 4.69) is 5.32 Å². The molecule has 2 rings (SSSR count). The number of rotatable bonds is 6. The molecule has 0 aliphatic carbocycles. The Labute approximate surface area is 147 Å². The summed E-state index contributed by atoms with van der Waals surface area (Å²) in [6.45, 7) is 7.67. The second-order valence-corrected chi connectivity index (χ2v) is 6.34. The van der Waals surface area contributed by atoms with Crippen LogP contribution in [-0.2, 0) is 11.2 Å². The van der Waals surface area contributed by atoms with Crippen LogP contribution in [0.3, 0.4) is 0 Å². The number of carboxylic acids is 1. The smallest absolute Gasteiger partial charge is 0.335 e. The summed E-state index contributed by atoms with van der Waals surface area (Å²) in [5.41, 5.74) is 3.53. The molecule has 132 valence electrons. The lowest BCUT2D eigenvalue weighted by Crippen LogP contribution is -2.17. The summed E-state index contributed by atoms with van der Waals surface area (Å²) < 4.78 is 5.67. The quantitative estimate of drug-likeness (QED) is 0.833. The Bertz CT molecular complexity index is 796. The molecule has 5 heteroatoms. The van der Waals surface area contributed by atoms with Crippen LogP contribution in [-0.4, -0.2) is 23.1 Å². The van der Waals surface area contributed by atoms with Gasteiger partial charge in [-0.2, -0.15) is 0 Å². The highest BCUT2D eigenvalue weighted by Gasteiger charge is 2.14. The molecule has 2 aromatic carbocycles. The number of hydrogen-bond acceptors (Lipinski definition) is 3. The van der Waals surface area contributed by atoms with Crippen molar-refractivity contribution < 1.29 is 19.4 Å². The standard InChI is InChI=1S/C20H23NO4/c1-12(2)25-18-8-7-15(20(23)24)10-17(18)21-19(22)11-16-9-13(3)5-6-14(16)4/h5-10,12H,11H2,1-4H3,(H,21,22)(H,23,24). The molecule has 0 saturated carbocycles. The van der Waals surface area contributed by atoms with Crippen LogP contribution in [0.25, 0.3) is 0 Å². The fourth-order valence-corrected chi connectivity index (χ4v) is 2.48. The van der Waals surface area contributed by atoms with Crippen LogP contribution >= 0.6 is 0 Å². The zero-order valence-electron chi connectivity index (χ0n) is 14.9. The van der Waals surface area contributed by atoms with E-state index in [0.717, 1.165) is 16.7 Å². The van der Waals surface area contributed by atoms with E-state index >= 15 is 0 Å². The van der Waals surface area contributed by atoms with Crippen LogP contribution in [0.4, 0.5) is 5.69 Å². The lowest BCUT2D eigenvalue weighted by molar-refractivity contribution is -0.115. The van der Waals surface area contributed by atoms with Gasteiger partial charge in [0, 0.05) is 0 Å². The minimum atomic E-state index is -1.05. The zero-order valence-corrected chi connectivity index (χ0v) is 14.9. The summed E-state index contributed by atoms with van der Waals surface area (Å²) in [5.74, 6) is -0.819. The first kappa shape index (κ1) is 18.5. The van der Waals surface area contributed by atoms with Crippen molar-refractivity contribution in [3.05, 3.63) is 58.7 Å². The number of anilines is 1. The molecule has 0 aromatic heterocycles. The Balaban J connectivity index is 2.24. The summed E-state index contributed by atoms with van der Waals surface area (Å²) in [7, 11) is 0. The van der Waals surface area contributed by atoms with Crippen molar-refractivity contribution in [3.8, 4) is 5.75 Å². The van der Waals surface area contributed by atoms with Crippen molar-refractivity contribution in [3.63, 3.8) is 0 Å². The molecule has 2 N–H and O–H groups in total. The van der Waals surface area contributed by atoms with E-state index in [1.165, 1.54) is 12.1 Å². The lowest BCUT2D eigenvalue weighted by atomic mass is 10.0. The first-order valence-electron chi connectivity index (χ1n) is 8.16. The number of carboxylic acid groups (broad SMARTS) is 1. The van der Waals surface area contributed by atoms with E-state index in [1.54, 1.807) is 6.07 Å². The fraction of sp³-hybridized carbons (Fsp3) is 0.300. The maximum atomic E-state index is 12.5. The Morgan fingerprint density at radius 3 is 2.48 bits per heavy atom. The van der Waals surface area contributed by atoms with Crippen LogP contribution in [0.2, 0.25) is 0 Å². The predicted octanol–water partition coefficient (Wildman–Crippen LogP) is 3.97. The first-order valence-corrected chi connectivity index (χ1v) is 8.16. The lowest BCUT2D eigenvalue weighted by Gasteiger charge is -2.16. The SMILES string of the molecule is Cc1ccc(C)c(CC(=O)Nc2cc(C(=O)O)ccc2OC(C)C)c1. The van der Waals surface area contributed by atoms with Crippen molar-refractivity contribution in [1.29, 1.82) is 0 Å². The maximum Gasteiger partial charge on any atom is 0.335 e. The van der Waals surface area contributed by atoms with Gasteiger partial charge in [-0.1, -0.05) is 23.8 Å². The van der Waals surface area contributed by atoms with Gasteiger partial charge in [-0.15, -0.1) is 0 Å². The number of aromatic carboxylic acids is 1. The monoisotopic (exact) mass is 341 g/mol. The minimum Gasteiger partial charge on any atom is -0.489 e. The summed E-state index contributed by atoms with van der Waals surface area (Å²) in [5, 5.41) is 11.9. The van der Waals surface area contributed by atoms with Crippen molar-refractivity contribution >= 4 is 17.6 Å². The van der Waals surface area contributed by atoms with Crippen LogP contribution in [0.15, 0.2) is 36.4 Å². The zero-order chi connectivity index (χ0) is 18.6. The van der Waals surface area contributed by atoms with E-state index < -0.39 is 5.97 Å². The molecule has 0 heterocycles. The molecule has 0 radical (unpaired) electrons. The van der Waals surface area contributed by atoms with E-state index in [9.17, 15) is 9.59 Å². The highest BCUT2D eigenvalue weighted by molar-refractivity contribution is 5.96.